The van der Waals surface area contributed by atoms with Gasteiger partial charge in [0.1, 0.15) is 0 Å². The van der Waals surface area contributed by atoms with Gasteiger partial charge in [-0.2, -0.15) is 0 Å². The normalized spacial score (nSPS) is 25.6. The number of carbonyl (C=O) groups excluding carboxylic acids is 1. The van der Waals surface area contributed by atoms with Gasteiger partial charge >= 0.3 is 12.2 Å². The molecule has 7 nitrogen and oxygen atoms in total. The van der Waals surface area contributed by atoms with E-state index in [1.54, 1.807) is 7.05 Å². The second-order valence-electron chi connectivity index (χ2n) is 7.26. The Hall–Kier alpha value is -2.93. The summed E-state index contributed by atoms with van der Waals surface area (Å²) >= 11 is 0. The van der Waals surface area contributed by atoms with Crippen molar-refractivity contribution in [2.45, 2.75) is 31.2 Å². The van der Waals surface area contributed by atoms with Gasteiger partial charge in [-0.3, -0.25) is 4.79 Å². The molecule has 1 amide bonds. The highest BCUT2D eigenvalue weighted by molar-refractivity contribution is 5.81. The van der Waals surface area contributed by atoms with E-state index in [1.807, 2.05) is 12.1 Å². The van der Waals surface area contributed by atoms with E-state index in [0.717, 1.165) is 24.3 Å². The lowest BCUT2D eigenvalue weighted by Gasteiger charge is -2.39. The third kappa shape index (κ3) is 2.15. The van der Waals surface area contributed by atoms with Crippen molar-refractivity contribution in [3.05, 3.63) is 46.5 Å². The zero-order chi connectivity index (χ0) is 18.1. The summed E-state index contributed by atoms with van der Waals surface area (Å²) in [4.78, 5) is 11.8. The van der Waals surface area contributed by atoms with Crippen molar-refractivity contribution in [2.75, 3.05) is 13.8 Å². The number of nitrogens with one attached hydrogen (secondary N) is 2. The van der Waals surface area contributed by atoms with E-state index in [-0.39, 0.29) is 24.8 Å². The number of amides is 1. The van der Waals surface area contributed by atoms with Crippen LogP contribution in [0.15, 0.2) is 24.3 Å². The predicted molar refractivity (Wildman–Crippen MR) is 94.1 cm³/mol. The Kier molecular flexibility index (Phi) is 2.97. The molecule has 0 saturated heterocycles. The summed E-state index contributed by atoms with van der Waals surface area (Å²) in [5, 5.41) is 6.28. The third-order valence-electron chi connectivity index (χ3n) is 5.77. The molecule has 6 rings (SSSR count). The molecule has 2 bridgehead atoms. The summed E-state index contributed by atoms with van der Waals surface area (Å²) in [7, 11) is 1.57. The molecule has 4 aliphatic rings. The molecule has 0 spiro atoms. The standard InChI is InChI=1S/C20H18N2O5/c1-21-19(23)20-26-17-5-10-3-13-11-6-16-15(24-8-25-16)4-9(11)2-14(22-13)12(10)7-18(17)27-20/h4-7,13-14,20,22H,2-3,8H2,1H3,(H,21,23). The van der Waals surface area contributed by atoms with E-state index < -0.39 is 6.29 Å². The van der Waals surface area contributed by atoms with Crippen LogP contribution >= 0.6 is 0 Å². The molecule has 0 radical (unpaired) electrons. The van der Waals surface area contributed by atoms with Crippen molar-refractivity contribution in [3.63, 3.8) is 0 Å². The summed E-state index contributed by atoms with van der Waals surface area (Å²) in [5.41, 5.74) is 4.99. The molecule has 4 aliphatic heterocycles. The van der Waals surface area contributed by atoms with Crippen molar-refractivity contribution in [3.8, 4) is 23.0 Å². The average molecular weight is 366 g/mol. The van der Waals surface area contributed by atoms with E-state index >= 15 is 0 Å². The highest BCUT2D eigenvalue weighted by Gasteiger charge is 2.38. The maximum absolute atomic E-state index is 11.8. The fourth-order valence-corrected chi connectivity index (χ4v) is 4.48. The molecule has 138 valence electrons. The van der Waals surface area contributed by atoms with Gasteiger partial charge in [0.15, 0.2) is 23.0 Å². The SMILES string of the molecule is CNC(=O)C1Oc2cc3c(cc2O1)C1Cc2cc4c(cc2C(C3)N1)OCO4. The van der Waals surface area contributed by atoms with Gasteiger partial charge in [-0.1, -0.05) is 0 Å². The van der Waals surface area contributed by atoms with Crippen molar-refractivity contribution >= 4 is 5.91 Å². The number of benzene rings is 2. The van der Waals surface area contributed by atoms with Crippen molar-refractivity contribution in [1.29, 1.82) is 0 Å². The molecule has 3 unspecified atom stereocenters. The van der Waals surface area contributed by atoms with E-state index in [0.29, 0.717) is 11.5 Å². The summed E-state index contributed by atoms with van der Waals surface area (Å²) in [6, 6.07) is 8.66. The van der Waals surface area contributed by atoms with Gasteiger partial charge in [0.25, 0.3) is 0 Å². The molecule has 0 aliphatic carbocycles. The van der Waals surface area contributed by atoms with Gasteiger partial charge in [-0.25, -0.2) is 0 Å². The fourth-order valence-electron chi connectivity index (χ4n) is 4.48. The molecule has 7 heteroatoms. The number of fused-ring (bicyclic) bond motifs is 8. The lowest BCUT2D eigenvalue weighted by Crippen LogP contribution is -2.38. The Morgan fingerprint density at radius 2 is 1.48 bits per heavy atom. The van der Waals surface area contributed by atoms with Crippen LogP contribution in [-0.4, -0.2) is 26.0 Å². The Morgan fingerprint density at radius 1 is 0.926 bits per heavy atom. The molecule has 0 saturated carbocycles. The molecule has 2 N–H and O–H groups in total. The second kappa shape index (κ2) is 5.29. The van der Waals surface area contributed by atoms with Gasteiger partial charge < -0.3 is 29.6 Å². The zero-order valence-corrected chi connectivity index (χ0v) is 14.7. The first-order chi connectivity index (χ1) is 13.2. The van der Waals surface area contributed by atoms with E-state index in [1.165, 1.54) is 22.3 Å². The van der Waals surface area contributed by atoms with E-state index in [9.17, 15) is 4.79 Å². The summed E-state index contributed by atoms with van der Waals surface area (Å²) < 4.78 is 22.5. The highest BCUT2D eigenvalue weighted by Crippen LogP contribution is 2.48. The van der Waals surface area contributed by atoms with E-state index in [4.69, 9.17) is 18.9 Å². The molecule has 0 fully saturated rings. The minimum atomic E-state index is -0.921. The Morgan fingerprint density at radius 3 is 2.15 bits per heavy atom. The molecule has 4 heterocycles. The summed E-state index contributed by atoms with van der Waals surface area (Å²) in [6.45, 7) is 0.286. The molecule has 0 aromatic heterocycles. The van der Waals surface area contributed by atoms with Crippen LogP contribution in [0, 0.1) is 0 Å². The first-order valence-electron chi connectivity index (χ1n) is 9.10. The van der Waals surface area contributed by atoms with Crippen LogP contribution in [0.1, 0.15) is 34.3 Å². The minimum absolute atomic E-state index is 0.194. The fraction of sp³-hybridized carbons (Fsp3) is 0.350. The third-order valence-corrected chi connectivity index (χ3v) is 5.77. The quantitative estimate of drug-likeness (QED) is 0.801. The smallest absolute Gasteiger partial charge is 0.321 e. The second-order valence-corrected chi connectivity index (χ2v) is 7.26. The molecule has 3 atom stereocenters. The van der Waals surface area contributed by atoms with Crippen LogP contribution in [0.2, 0.25) is 0 Å². The number of hydrogen-bond acceptors (Lipinski definition) is 6. The molecular weight excluding hydrogens is 348 g/mol. The van der Waals surface area contributed by atoms with Crippen molar-refractivity contribution in [2.24, 2.45) is 0 Å². The van der Waals surface area contributed by atoms with Crippen molar-refractivity contribution < 1.29 is 23.7 Å². The lowest BCUT2D eigenvalue weighted by molar-refractivity contribution is -0.136. The average Bonchev–Trinajstić information content (AvgIpc) is 3.30. The van der Waals surface area contributed by atoms with Gasteiger partial charge in [0, 0.05) is 19.1 Å². The number of hydrogen-bond donors (Lipinski definition) is 2. The lowest BCUT2D eigenvalue weighted by atomic mass is 9.78. The van der Waals surface area contributed by atoms with Crippen LogP contribution in [-0.2, 0) is 17.6 Å². The highest BCUT2D eigenvalue weighted by atomic mass is 16.7. The minimum Gasteiger partial charge on any atom is -0.454 e. The van der Waals surface area contributed by atoms with Crippen LogP contribution < -0.4 is 29.6 Å². The summed E-state index contributed by atoms with van der Waals surface area (Å²) in [6.07, 6.45) is 0.795. The number of ether oxygens (including phenoxy) is 4. The first-order valence-corrected chi connectivity index (χ1v) is 9.10. The molecule has 2 aromatic rings. The zero-order valence-electron chi connectivity index (χ0n) is 14.7. The maximum atomic E-state index is 11.8. The topological polar surface area (TPSA) is 78.1 Å². The summed E-state index contributed by atoms with van der Waals surface area (Å²) in [5.74, 6) is 2.61. The van der Waals surface area contributed by atoms with E-state index in [2.05, 4.69) is 22.8 Å². The van der Waals surface area contributed by atoms with Crippen molar-refractivity contribution in [1.82, 2.24) is 10.6 Å². The molecule has 27 heavy (non-hydrogen) atoms. The monoisotopic (exact) mass is 366 g/mol. The van der Waals surface area contributed by atoms with Gasteiger partial charge in [-0.15, -0.1) is 0 Å². The van der Waals surface area contributed by atoms with Gasteiger partial charge in [0.05, 0.1) is 0 Å². The number of rotatable bonds is 1. The van der Waals surface area contributed by atoms with Gasteiger partial charge in [-0.05, 0) is 59.4 Å². The Labute approximate surface area is 155 Å². The van der Waals surface area contributed by atoms with Crippen LogP contribution in [0.25, 0.3) is 0 Å². The van der Waals surface area contributed by atoms with Crippen LogP contribution in [0.5, 0.6) is 23.0 Å². The molecular formula is C20H18N2O5. The number of carbonyl (C=O) groups is 1. The Balaban J connectivity index is 1.37. The maximum Gasteiger partial charge on any atom is 0.321 e. The predicted octanol–water partition coefficient (Wildman–Crippen LogP) is 1.74. The van der Waals surface area contributed by atoms with Crippen LogP contribution in [0.4, 0.5) is 0 Å². The van der Waals surface area contributed by atoms with Crippen LogP contribution in [0.3, 0.4) is 0 Å². The largest absolute Gasteiger partial charge is 0.454 e. The van der Waals surface area contributed by atoms with Gasteiger partial charge in [0.2, 0.25) is 6.79 Å². The Bertz CT molecular complexity index is 989. The molecule has 2 aromatic carbocycles. The first kappa shape index (κ1) is 15.2. The number of likely N-dealkylation sites (N-methyl/N-ethyl adjacent to an activating group) is 1.